The molecular formula is C27H28N4O3S2. The third-order valence-corrected chi connectivity index (χ3v) is 9.15. The van der Waals surface area contributed by atoms with Gasteiger partial charge in [-0.15, -0.1) is 10.2 Å². The molecule has 0 saturated carbocycles. The summed E-state index contributed by atoms with van der Waals surface area (Å²) in [6.07, 6.45) is 1.06. The van der Waals surface area contributed by atoms with Crippen LogP contribution in [0.3, 0.4) is 0 Å². The number of rotatable bonds is 7. The normalized spacial score (nSPS) is 16.9. The number of thioether (sulfide) groups is 1. The molecule has 186 valence electrons. The van der Waals surface area contributed by atoms with Gasteiger partial charge >= 0.3 is 0 Å². The lowest BCUT2D eigenvalue weighted by molar-refractivity contribution is -0.119. The van der Waals surface area contributed by atoms with Gasteiger partial charge in [0.05, 0.1) is 22.9 Å². The lowest BCUT2D eigenvalue weighted by Gasteiger charge is -2.15. The van der Waals surface area contributed by atoms with Crippen LogP contribution >= 0.6 is 11.8 Å². The first kappa shape index (κ1) is 24.5. The Bertz CT molecular complexity index is 1540. The average Bonchev–Trinajstić information content (AvgIpc) is 3.40. The van der Waals surface area contributed by atoms with Crippen molar-refractivity contribution in [3.63, 3.8) is 0 Å². The van der Waals surface area contributed by atoms with Crippen molar-refractivity contribution in [1.29, 1.82) is 0 Å². The number of carbonyl (C=O) groups is 1. The van der Waals surface area contributed by atoms with Crippen LogP contribution in [0.2, 0.25) is 0 Å². The monoisotopic (exact) mass is 520 g/mol. The quantitative estimate of drug-likeness (QED) is 0.370. The molecule has 1 aromatic heterocycles. The fourth-order valence-corrected chi connectivity index (χ4v) is 7.18. The number of sulfone groups is 1. The Morgan fingerprint density at radius 2 is 1.89 bits per heavy atom. The fourth-order valence-electron chi connectivity index (χ4n) is 4.73. The van der Waals surface area contributed by atoms with Crippen molar-refractivity contribution in [1.82, 2.24) is 20.1 Å². The first-order valence-corrected chi connectivity index (χ1v) is 14.7. The summed E-state index contributed by atoms with van der Waals surface area (Å²) in [6.45, 7) is 4.12. The van der Waals surface area contributed by atoms with Gasteiger partial charge in [0, 0.05) is 12.5 Å². The lowest BCUT2D eigenvalue weighted by Crippen LogP contribution is -2.36. The van der Waals surface area contributed by atoms with Crippen molar-refractivity contribution in [2.45, 2.75) is 37.9 Å². The number of hydrogen-bond acceptors (Lipinski definition) is 6. The molecule has 1 saturated heterocycles. The summed E-state index contributed by atoms with van der Waals surface area (Å²) in [5.41, 5.74) is 4.39. The summed E-state index contributed by atoms with van der Waals surface area (Å²) in [5.74, 6) is 0.866. The number of nitrogens with one attached hydrogen (secondary N) is 1. The summed E-state index contributed by atoms with van der Waals surface area (Å²) in [5, 5.41) is 14.8. The van der Waals surface area contributed by atoms with E-state index in [1.54, 1.807) is 0 Å². The van der Waals surface area contributed by atoms with Crippen LogP contribution in [-0.2, 0) is 21.1 Å². The smallest absolute Gasteiger partial charge is 0.230 e. The maximum atomic E-state index is 12.6. The summed E-state index contributed by atoms with van der Waals surface area (Å²) >= 11 is 1.31. The SMILES string of the molecule is Cc1ccc(-n2c(Cc3cccc4ccccc34)nnc2SCC(=O)N[C@H]2CCS(=O)(=O)C2)c(C)c1. The van der Waals surface area contributed by atoms with Crippen molar-refractivity contribution in [2.24, 2.45) is 0 Å². The Labute approximate surface area is 215 Å². The minimum atomic E-state index is -3.05. The molecule has 1 atom stereocenters. The van der Waals surface area contributed by atoms with Crippen LogP contribution in [0.25, 0.3) is 16.5 Å². The molecule has 0 unspecified atom stereocenters. The zero-order valence-corrected chi connectivity index (χ0v) is 21.9. The van der Waals surface area contributed by atoms with E-state index in [0.29, 0.717) is 18.0 Å². The van der Waals surface area contributed by atoms with Crippen molar-refractivity contribution >= 4 is 38.3 Å². The Morgan fingerprint density at radius 1 is 1.08 bits per heavy atom. The predicted octanol–water partition coefficient (Wildman–Crippen LogP) is 4.02. The summed E-state index contributed by atoms with van der Waals surface area (Å²) in [7, 11) is -3.05. The number of aryl methyl sites for hydroxylation is 2. The largest absolute Gasteiger partial charge is 0.352 e. The van der Waals surface area contributed by atoms with E-state index >= 15 is 0 Å². The number of hydrogen-bond donors (Lipinski definition) is 1. The molecule has 1 aliphatic rings. The molecule has 5 rings (SSSR count). The Balaban J connectivity index is 1.43. The molecule has 7 nitrogen and oxygen atoms in total. The van der Waals surface area contributed by atoms with Gasteiger partial charge in [0.1, 0.15) is 5.82 Å². The Morgan fingerprint density at radius 3 is 2.67 bits per heavy atom. The number of benzene rings is 3. The summed E-state index contributed by atoms with van der Waals surface area (Å²) in [4.78, 5) is 12.6. The molecule has 1 aliphatic heterocycles. The Hall–Kier alpha value is -3.17. The second-order valence-electron chi connectivity index (χ2n) is 9.30. The molecule has 3 aromatic carbocycles. The van der Waals surface area contributed by atoms with Gasteiger partial charge in [-0.3, -0.25) is 9.36 Å². The van der Waals surface area contributed by atoms with Crippen LogP contribution in [0.4, 0.5) is 0 Å². The zero-order chi connectivity index (χ0) is 25.3. The van der Waals surface area contributed by atoms with Crippen molar-refractivity contribution in [3.8, 4) is 5.69 Å². The molecule has 0 aliphatic carbocycles. The van der Waals surface area contributed by atoms with Gasteiger partial charge < -0.3 is 5.32 Å². The van der Waals surface area contributed by atoms with Crippen LogP contribution in [0.5, 0.6) is 0 Å². The third-order valence-electron chi connectivity index (χ3n) is 6.45. The van der Waals surface area contributed by atoms with Gasteiger partial charge in [-0.05, 0) is 48.2 Å². The van der Waals surface area contributed by atoms with Gasteiger partial charge in [0.15, 0.2) is 15.0 Å². The summed E-state index contributed by atoms with van der Waals surface area (Å²) in [6, 6.07) is 20.5. The van der Waals surface area contributed by atoms with E-state index in [4.69, 9.17) is 0 Å². The minimum Gasteiger partial charge on any atom is -0.352 e. The van der Waals surface area contributed by atoms with Crippen LogP contribution in [-0.4, -0.2) is 52.4 Å². The molecule has 0 bridgehead atoms. The highest BCUT2D eigenvalue weighted by Gasteiger charge is 2.29. The second-order valence-corrected chi connectivity index (χ2v) is 12.5. The molecule has 36 heavy (non-hydrogen) atoms. The molecule has 1 fully saturated rings. The molecule has 2 heterocycles. The minimum absolute atomic E-state index is 0.0112. The zero-order valence-electron chi connectivity index (χ0n) is 20.3. The molecule has 0 radical (unpaired) electrons. The first-order chi connectivity index (χ1) is 17.3. The van der Waals surface area contributed by atoms with Crippen molar-refractivity contribution in [2.75, 3.05) is 17.3 Å². The Kier molecular flexibility index (Phi) is 6.85. The summed E-state index contributed by atoms with van der Waals surface area (Å²) < 4.78 is 25.5. The maximum absolute atomic E-state index is 12.6. The van der Waals surface area contributed by atoms with E-state index < -0.39 is 9.84 Å². The number of nitrogens with zero attached hydrogens (tertiary/aromatic N) is 3. The molecule has 4 aromatic rings. The van der Waals surface area contributed by atoms with Crippen molar-refractivity contribution < 1.29 is 13.2 Å². The number of amides is 1. The van der Waals surface area contributed by atoms with Gasteiger partial charge in [0.2, 0.25) is 5.91 Å². The van der Waals surface area contributed by atoms with Gasteiger partial charge in [0.25, 0.3) is 0 Å². The van der Waals surface area contributed by atoms with Gasteiger partial charge in [-0.1, -0.05) is 71.9 Å². The highest BCUT2D eigenvalue weighted by atomic mass is 32.2. The number of aromatic nitrogens is 3. The standard InChI is InChI=1S/C27H28N4O3S2/c1-18-10-11-24(19(2)14-18)31-25(15-21-8-5-7-20-6-3-4-9-23(20)21)29-30-27(31)35-16-26(32)28-22-12-13-36(33,34)17-22/h3-11,14,22H,12-13,15-17H2,1-2H3,(H,28,32)/t22-/m0/s1. The lowest BCUT2D eigenvalue weighted by atomic mass is 10.0. The molecule has 9 heteroatoms. The van der Waals surface area contributed by atoms with E-state index in [2.05, 4.69) is 77.9 Å². The van der Waals surface area contributed by atoms with E-state index in [9.17, 15) is 13.2 Å². The first-order valence-electron chi connectivity index (χ1n) is 11.9. The fraction of sp³-hybridized carbons (Fsp3) is 0.296. The van der Waals surface area contributed by atoms with E-state index in [-0.39, 0.29) is 29.2 Å². The van der Waals surface area contributed by atoms with Crippen molar-refractivity contribution in [3.05, 3.63) is 83.2 Å². The second kappa shape index (κ2) is 10.1. The highest BCUT2D eigenvalue weighted by molar-refractivity contribution is 7.99. The van der Waals surface area contributed by atoms with E-state index in [0.717, 1.165) is 22.6 Å². The molecule has 1 N–H and O–H groups in total. The number of carbonyl (C=O) groups excluding carboxylic acids is 1. The van der Waals surface area contributed by atoms with Crippen LogP contribution < -0.4 is 5.32 Å². The number of fused-ring (bicyclic) bond motifs is 1. The molecule has 1 amide bonds. The van der Waals surface area contributed by atoms with Crippen LogP contribution in [0, 0.1) is 13.8 Å². The molecule has 0 spiro atoms. The topological polar surface area (TPSA) is 93.9 Å². The van der Waals surface area contributed by atoms with E-state index in [1.807, 2.05) is 16.7 Å². The van der Waals surface area contributed by atoms with E-state index in [1.165, 1.54) is 28.1 Å². The average molecular weight is 521 g/mol. The van der Waals surface area contributed by atoms with Crippen LogP contribution in [0.1, 0.15) is 28.9 Å². The van der Waals surface area contributed by atoms with Gasteiger partial charge in [-0.2, -0.15) is 0 Å². The van der Waals surface area contributed by atoms with Crippen LogP contribution in [0.15, 0.2) is 65.8 Å². The maximum Gasteiger partial charge on any atom is 0.230 e. The highest BCUT2D eigenvalue weighted by Crippen LogP contribution is 2.28. The van der Waals surface area contributed by atoms with Gasteiger partial charge in [-0.25, -0.2) is 8.42 Å². The molecular weight excluding hydrogens is 492 g/mol. The third kappa shape index (κ3) is 5.32. The predicted molar refractivity (Wildman–Crippen MR) is 144 cm³/mol.